The molecule has 0 radical (unpaired) electrons. The number of aliphatic hydroxyl groups excluding tert-OH is 1. The molecule has 2 aromatic carbocycles. The fourth-order valence-corrected chi connectivity index (χ4v) is 2.55. The van der Waals surface area contributed by atoms with Crippen LogP contribution in [0.4, 0.5) is 0 Å². The van der Waals surface area contributed by atoms with Crippen LogP contribution in [0.3, 0.4) is 0 Å². The predicted octanol–water partition coefficient (Wildman–Crippen LogP) is 3.21. The summed E-state index contributed by atoms with van der Waals surface area (Å²) < 4.78 is 11.5. The van der Waals surface area contributed by atoms with E-state index in [0.717, 1.165) is 17.7 Å². The van der Waals surface area contributed by atoms with Gasteiger partial charge in [0.25, 0.3) is 0 Å². The van der Waals surface area contributed by atoms with Crippen LogP contribution in [-0.2, 0) is 13.0 Å². The molecular formula is C16H15ClO3. The molecule has 0 spiro atoms. The third-order valence-corrected chi connectivity index (χ3v) is 3.61. The molecule has 0 aromatic heterocycles. The third kappa shape index (κ3) is 2.74. The molecule has 1 unspecified atom stereocenters. The molecule has 104 valence electrons. The number of hydrogen-bond donors (Lipinski definition) is 1. The lowest BCUT2D eigenvalue weighted by molar-refractivity contribution is 0.148. The molecule has 4 heteroatoms. The summed E-state index contributed by atoms with van der Waals surface area (Å²) in [4.78, 5) is 0. The molecule has 2 aromatic rings. The molecule has 0 saturated carbocycles. The molecule has 0 aliphatic carbocycles. The van der Waals surface area contributed by atoms with Gasteiger partial charge in [-0.25, -0.2) is 0 Å². The molecule has 1 atom stereocenters. The summed E-state index contributed by atoms with van der Waals surface area (Å²) in [7, 11) is 0. The van der Waals surface area contributed by atoms with Gasteiger partial charge in [-0.3, -0.25) is 0 Å². The largest absolute Gasteiger partial charge is 0.488 e. The highest BCUT2D eigenvalue weighted by atomic mass is 35.5. The van der Waals surface area contributed by atoms with Gasteiger partial charge in [-0.2, -0.15) is 0 Å². The van der Waals surface area contributed by atoms with Crippen LogP contribution in [0.15, 0.2) is 42.5 Å². The number of aliphatic hydroxyl groups is 1. The van der Waals surface area contributed by atoms with Crippen LogP contribution in [0.5, 0.6) is 11.5 Å². The topological polar surface area (TPSA) is 38.7 Å². The van der Waals surface area contributed by atoms with E-state index in [-0.39, 0.29) is 12.7 Å². The van der Waals surface area contributed by atoms with Crippen LogP contribution in [-0.4, -0.2) is 17.8 Å². The lowest BCUT2D eigenvalue weighted by Gasteiger charge is -2.13. The maximum Gasteiger partial charge on any atom is 0.138 e. The number of rotatable bonds is 4. The molecule has 0 fully saturated rings. The summed E-state index contributed by atoms with van der Waals surface area (Å²) in [6, 6.07) is 13.3. The average molecular weight is 291 g/mol. The van der Waals surface area contributed by atoms with Gasteiger partial charge in [0.2, 0.25) is 0 Å². The van der Waals surface area contributed by atoms with E-state index < -0.39 is 0 Å². The summed E-state index contributed by atoms with van der Waals surface area (Å²) in [6.07, 6.45) is 0.865. The molecule has 20 heavy (non-hydrogen) atoms. The van der Waals surface area contributed by atoms with Gasteiger partial charge >= 0.3 is 0 Å². The summed E-state index contributed by atoms with van der Waals surface area (Å²) >= 11 is 6.11. The highest BCUT2D eigenvalue weighted by Gasteiger charge is 2.23. The quantitative estimate of drug-likeness (QED) is 0.940. The van der Waals surface area contributed by atoms with E-state index in [1.807, 2.05) is 18.2 Å². The highest BCUT2D eigenvalue weighted by molar-refractivity contribution is 6.32. The maximum absolute atomic E-state index is 9.04. The lowest BCUT2D eigenvalue weighted by atomic mass is 10.1. The number of benzene rings is 2. The van der Waals surface area contributed by atoms with Crippen molar-refractivity contribution in [2.24, 2.45) is 0 Å². The maximum atomic E-state index is 9.04. The molecule has 1 aliphatic heterocycles. The molecule has 0 amide bonds. The van der Waals surface area contributed by atoms with Crippen molar-refractivity contribution in [1.29, 1.82) is 0 Å². The number of ether oxygens (including phenoxy) is 2. The molecule has 1 N–H and O–H groups in total. The third-order valence-electron chi connectivity index (χ3n) is 3.32. The van der Waals surface area contributed by atoms with E-state index in [0.29, 0.717) is 17.4 Å². The highest BCUT2D eigenvalue weighted by Crippen LogP contribution is 2.30. The van der Waals surface area contributed by atoms with Gasteiger partial charge in [0.1, 0.15) is 24.2 Å². The van der Waals surface area contributed by atoms with Crippen molar-refractivity contribution in [1.82, 2.24) is 0 Å². The van der Waals surface area contributed by atoms with Crippen molar-refractivity contribution in [3.63, 3.8) is 0 Å². The number of halogens is 1. The summed E-state index contributed by atoms with van der Waals surface area (Å²) in [6.45, 7) is 0.425. The summed E-state index contributed by atoms with van der Waals surface area (Å²) in [5, 5.41) is 9.54. The van der Waals surface area contributed by atoms with Gasteiger partial charge in [0.05, 0.1) is 11.6 Å². The van der Waals surface area contributed by atoms with Gasteiger partial charge in [0, 0.05) is 6.42 Å². The molecular weight excluding hydrogens is 276 g/mol. The van der Waals surface area contributed by atoms with Gasteiger partial charge in [-0.15, -0.1) is 0 Å². The predicted molar refractivity (Wildman–Crippen MR) is 77.4 cm³/mol. The molecule has 1 heterocycles. The van der Waals surface area contributed by atoms with E-state index in [2.05, 4.69) is 6.07 Å². The summed E-state index contributed by atoms with van der Waals surface area (Å²) in [5.74, 6) is 1.55. The SMILES string of the molecule is OCc1ccc(OCC2Cc3ccccc3O2)c(Cl)c1. The van der Waals surface area contributed by atoms with Gasteiger partial charge in [0.15, 0.2) is 0 Å². The van der Waals surface area contributed by atoms with Crippen molar-refractivity contribution in [3.05, 3.63) is 58.6 Å². The Morgan fingerprint density at radius 2 is 2.10 bits per heavy atom. The first-order valence-corrected chi connectivity index (χ1v) is 6.90. The lowest BCUT2D eigenvalue weighted by Crippen LogP contribution is -2.22. The zero-order valence-electron chi connectivity index (χ0n) is 10.9. The first-order valence-electron chi connectivity index (χ1n) is 6.53. The van der Waals surface area contributed by atoms with Crippen LogP contribution >= 0.6 is 11.6 Å². The van der Waals surface area contributed by atoms with Crippen molar-refractivity contribution in [3.8, 4) is 11.5 Å². The van der Waals surface area contributed by atoms with Crippen LogP contribution in [0.25, 0.3) is 0 Å². The number of fused-ring (bicyclic) bond motifs is 1. The standard InChI is InChI=1S/C16H15ClO3/c17-14-7-11(9-18)5-6-16(14)19-10-13-8-12-3-1-2-4-15(12)20-13/h1-7,13,18H,8-10H2. The van der Waals surface area contributed by atoms with Crippen LogP contribution < -0.4 is 9.47 Å². The van der Waals surface area contributed by atoms with Gasteiger partial charge in [-0.05, 0) is 29.3 Å². The summed E-state index contributed by atoms with van der Waals surface area (Å²) in [5.41, 5.74) is 1.98. The minimum Gasteiger partial charge on any atom is -0.488 e. The second-order valence-electron chi connectivity index (χ2n) is 4.79. The Labute approximate surface area is 122 Å². The fourth-order valence-electron chi connectivity index (χ4n) is 2.29. The average Bonchev–Trinajstić information content (AvgIpc) is 2.88. The zero-order valence-corrected chi connectivity index (χ0v) is 11.6. The van der Waals surface area contributed by atoms with E-state index in [4.69, 9.17) is 26.2 Å². The van der Waals surface area contributed by atoms with E-state index >= 15 is 0 Å². The minimum atomic E-state index is -0.0267. The molecule has 0 bridgehead atoms. The molecule has 0 saturated heterocycles. The normalized spacial score (nSPS) is 16.6. The Hall–Kier alpha value is -1.71. The Bertz CT molecular complexity index is 587. The molecule has 3 rings (SSSR count). The smallest absolute Gasteiger partial charge is 0.138 e. The first-order chi connectivity index (χ1) is 9.76. The number of para-hydroxylation sites is 1. The van der Waals surface area contributed by atoms with E-state index in [1.165, 1.54) is 5.56 Å². The van der Waals surface area contributed by atoms with E-state index in [1.54, 1.807) is 18.2 Å². The van der Waals surface area contributed by atoms with Crippen molar-refractivity contribution in [2.45, 2.75) is 19.1 Å². The van der Waals surface area contributed by atoms with Gasteiger partial charge in [-0.1, -0.05) is 35.9 Å². The van der Waals surface area contributed by atoms with Gasteiger partial charge < -0.3 is 14.6 Å². The molecule has 3 nitrogen and oxygen atoms in total. The van der Waals surface area contributed by atoms with Crippen LogP contribution in [0.2, 0.25) is 5.02 Å². The second-order valence-corrected chi connectivity index (χ2v) is 5.19. The van der Waals surface area contributed by atoms with E-state index in [9.17, 15) is 0 Å². The Morgan fingerprint density at radius 3 is 2.85 bits per heavy atom. The Morgan fingerprint density at radius 1 is 1.25 bits per heavy atom. The number of hydrogen-bond acceptors (Lipinski definition) is 3. The molecule has 1 aliphatic rings. The Kier molecular flexibility index (Phi) is 3.81. The fraction of sp³-hybridized carbons (Fsp3) is 0.250. The second kappa shape index (κ2) is 5.73. The zero-order chi connectivity index (χ0) is 13.9. The Balaban J connectivity index is 1.61. The monoisotopic (exact) mass is 290 g/mol. The van der Waals surface area contributed by atoms with Crippen LogP contribution in [0.1, 0.15) is 11.1 Å². The first kappa shape index (κ1) is 13.3. The van der Waals surface area contributed by atoms with Crippen molar-refractivity contribution >= 4 is 11.6 Å². The van der Waals surface area contributed by atoms with Crippen molar-refractivity contribution in [2.75, 3.05) is 6.61 Å². The van der Waals surface area contributed by atoms with Crippen molar-refractivity contribution < 1.29 is 14.6 Å². The van der Waals surface area contributed by atoms with Crippen LogP contribution in [0, 0.1) is 0 Å². The minimum absolute atomic E-state index is 0.0148.